The van der Waals surface area contributed by atoms with Gasteiger partial charge in [-0.2, -0.15) is 0 Å². The Kier molecular flexibility index (Phi) is 13.7. The molecule has 7 nitrogen and oxygen atoms in total. The number of nitrogens with one attached hydrogen (secondary N) is 2. The maximum Gasteiger partial charge on any atom is 0.191 e. The number of likely N-dealkylation sites (N-methyl/N-ethyl adjacent to an activating group) is 1. The zero-order chi connectivity index (χ0) is 18.5. The van der Waals surface area contributed by atoms with Crippen LogP contribution in [0.4, 0.5) is 0 Å². The first-order valence-electron chi connectivity index (χ1n) is 8.39. The Bertz CT molecular complexity index is 612. The number of methoxy groups -OCH3 is 1. The Labute approximate surface area is 174 Å². The van der Waals surface area contributed by atoms with Crippen LogP contribution in [0.15, 0.2) is 40.2 Å². The Morgan fingerprint density at radius 1 is 1.15 bits per heavy atom. The average molecular weight is 498 g/mol. The van der Waals surface area contributed by atoms with Crippen molar-refractivity contribution in [1.29, 1.82) is 0 Å². The highest BCUT2D eigenvalue weighted by Crippen LogP contribution is 2.09. The van der Waals surface area contributed by atoms with Crippen LogP contribution in [-0.4, -0.2) is 79.0 Å². The summed E-state index contributed by atoms with van der Waals surface area (Å²) in [5, 5.41) is 6.23. The van der Waals surface area contributed by atoms with Crippen molar-refractivity contribution in [1.82, 2.24) is 15.5 Å². The van der Waals surface area contributed by atoms with Crippen LogP contribution in [0.2, 0.25) is 0 Å². The van der Waals surface area contributed by atoms with Crippen molar-refractivity contribution in [3.8, 4) is 0 Å². The third-order valence-electron chi connectivity index (χ3n) is 3.66. The molecule has 0 aliphatic carbocycles. The van der Waals surface area contributed by atoms with Crippen LogP contribution in [-0.2, 0) is 14.6 Å². The first kappa shape index (κ1) is 25.1. The molecule has 1 aromatic carbocycles. The maximum absolute atomic E-state index is 12.2. The topological polar surface area (TPSA) is 83.0 Å². The summed E-state index contributed by atoms with van der Waals surface area (Å²) in [6, 6.07) is 8.48. The largest absolute Gasteiger partial charge is 0.385 e. The van der Waals surface area contributed by atoms with Crippen molar-refractivity contribution < 1.29 is 13.2 Å². The average Bonchev–Trinajstić information content (AvgIpc) is 2.61. The maximum atomic E-state index is 12.2. The third-order valence-corrected chi connectivity index (χ3v) is 5.40. The molecule has 0 bridgehead atoms. The second-order valence-electron chi connectivity index (χ2n) is 5.71. The number of guanidine groups is 1. The molecular formula is C17H31IN4O3S. The number of aliphatic imine (C=N–C) groups is 1. The molecule has 0 atom stereocenters. The van der Waals surface area contributed by atoms with Crippen molar-refractivity contribution in [3.63, 3.8) is 0 Å². The zero-order valence-electron chi connectivity index (χ0n) is 15.8. The second kappa shape index (κ2) is 14.2. The van der Waals surface area contributed by atoms with Crippen LogP contribution in [0.25, 0.3) is 0 Å². The molecular weight excluding hydrogens is 467 g/mol. The molecule has 0 fully saturated rings. The van der Waals surface area contributed by atoms with Crippen molar-refractivity contribution >= 4 is 39.8 Å². The molecule has 0 saturated heterocycles. The highest BCUT2D eigenvalue weighted by molar-refractivity contribution is 14.0. The highest BCUT2D eigenvalue weighted by atomic mass is 127. The van der Waals surface area contributed by atoms with Crippen LogP contribution in [0.3, 0.4) is 0 Å². The Morgan fingerprint density at radius 3 is 2.42 bits per heavy atom. The molecule has 2 N–H and O–H groups in total. The quantitative estimate of drug-likeness (QED) is 0.207. The molecule has 1 aromatic rings. The van der Waals surface area contributed by atoms with Gasteiger partial charge in [0.1, 0.15) is 0 Å². The molecule has 0 heterocycles. The lowest BCUT2D eigenvalue weighted by atomic mass is 10.4. The molecule has 0 unspecified atom stereocenters. The lowest BCUT2D eigenvalue weighted by molar-refractivity contribution is 0.180. The summed E-state index contributed by atoms with van der Waals surface area (Å²) >= 11 is 0. The number of halogens is 1. The standard InChI is InChI=1S/C17H30N4O3S.HI/c1-18-17(19-10-13-21(2)12-7-14-24-3)20-11-15-25(22,23)16-8-5-4-6-9-16;/h4-6,8-9H,7,10-15H2,1-3H3,(H2,18,19,20);1H. The van der Waals surface area contributed by atoms with Crippen molar-refractivity contribution in [2.45, 2.75) is 11.3 Å². The van der Waals surface area contributed by atoms with Gasteiger partial charge in [-0.15, -0.1) is 24.0 Å². The summed E-state index contributed by atoms with van der Waals surface area (Å²) in [4.78, 5) is 6.67. The molecule has 150 valence electrons. The fourth-order valence-corrected chi connectivity index (χ4v) is 3.40. The van der Waals surface area contributed by atoms with Crippen molar-refractivity contribution in [2.24, 2.45) is 4.99 Å². The molecule has 0 aliphatic heterocycles. The van der Waals surface area contributed by atoms with Crippen LogP contribution in [0.1, 0.15) is 6.42 Å². The minimum absolute atomic E-state index is 0. The van der Waals surface area contributed by atoms with E-state index in [1.807, 2.05) is 0 Å². The van der Waals surface area contributed by atoms with Crippen molar-refractivity contribution in [2.75, 3.05) is 59.7 Å². The fourth-order valence-electron chi connectivity index (χ4n) is 2.23. The molecule has 0 radical (unpaired) electrons. The van der Waals surface area contributed by atoms with E-state index in [4.69, 9.17) is 4.74 Å². The van der Waals surface area contributed by atoms with Gasteiger partial charge in [0, 0.05) is 46.9 Å². The molecule has 0 saturated carbocycles. The van der Waals surface area contributed by atoms with Gasteiger partial charge in [0.25, 0.3) is 0 Å². The van der Waals surface area contributed by atoms with E-state index in [2.05, 4.69) is 27.6 Å². The van der Waals surface area contributed by atoms with Crippen LogP contribution in [0.5, 0.6) is 0 Å². The highest BCUT2D eigenvalue weighted by Gasteiger charge is 2.13. The summed E-state index contributed by atoms with van der Waals surface area (Å²) in [5.41, 5.74) is 0. The number of rotatable bonds is 11. The summed E-state index contributed by atoms with van der Waals surface area (Å²) < 4.78 is 29.5. The van der Waals surface area contributed by atoms with E-state index in [0.29, 0.717) is 17.4 Å². The van der Waals surface area contributed by atoms with E-state index in [-0.39, 0.29) is 29.7 Å². The van der Waals surface area contributed by atoms with E-state index in [0.717, 1.165) is 32.7 Å². The van der Waals surface area contributed by atoms with E-state index in [9.17, 15) is 8.42 Å². The minimum atomic E-state index is -3.28. The van der Waals surface area contributed by atoms with Gasteiger partial charge in [-0.1, -0.05) is 18.2 Å². The normalized spacial score (nSPS) is 11.9. The van der Waals surface area contributed by atoms with Gasteiger partial charge in [0.05, 0.1) is 10.6 Å². The molecule has 0 aliphatic rings. The first-order chi connectivity index (χ1) is 12.0. The molecule has 0 aromatic heterocycles. The monoisotopic (exact) mass is 498 g/mol. The SMILES string of the molecule is CN=C(NCCN(C)CCCOC)NCCS(=O)(=O)c1ccccc1.I. The molecule has 1 rings (SSSR count). The summed E-state index contributed by atoms with van der Waals surface area (Å²) in [6.45, 7) is 3.63. The molecule has 0 spiro atoms. The lowest BCUT2D eigenvalue weighted by Crippen LogP contribution is -2.42. The van der Waals surface area contributed by atoms with Gasteiger partial charge in [-0.3, -0.25) is 4.99 Å². The Morgan fingerprint density at radius 2 is 1.81 bits per heavy atom. The van der Waals surface area contributed by atoms with Gasteiger partial charge < -0.3 is 20.3 Å². The molecule has 26 heavy (non-hydrogen) atoms. The van der Waals surface area contributed by atoms with Crippen LogP contribution >= 0.6 is 24.0 Å². The number of benzene rings is 1. The number of sulfone groups is 1. The van der Waals surface area contributed by atoms with Gasteiger partial charge in [0.2, 0.25) is 0 Å². The summed E-state index contributed by atoms with van der Waals surface area (Å²) in [5.74, 6) is 0.628. The predicted molar refractivity (Wildman–Crippen MR) is 117 cm³/mol. The third kappa shape index (κ3) is 10.3. The van der Waals surface area contributed by atoms with Crippen LogP contribution in [0, 0.1) is 0 Å². The van der Waals surface area contributed by atoms with Crippen molar-refractivity contribution in [3.05, 3.63) is 30.3 Å². The first-order valence-corrected chi connectivity index (χ1v) is 10.0. The minimum Gasteiger partial charge on any atom is -0.385 e. The summed E-state index contributed by atoms with van der Waals surface area (Å²) in [6.07, 6.45) is 0.997. The number of hydrogen-bond acceptors (Lipinski definition) is 5. The number of ether oxygens (including phenoxy) is 1. The van der Waals surface area contributed by atoms with Gasteiger partial charge >= 0.3 is 0 Å². The van der Waals surface area contributed by atoms with Gasteiger partial charge in [-0.05, 0) is 25.6 Å². The van der Waals surface area contributed by atoms with Gasteiger partial charge in [0.15, 0.2) is 15.8 Å². The lowest BCUT2D eigenvalue weighted by Gasteiger charge is -2.18. The van der Waals surface area contributed by atoms with E-state index < -0.39 is 9.84 Å². The predicted octanol–water partition coefficient (Wildman–Crippen LogP) is 1.21. The van der Waals surface area contributed by atoms with Crippen LogP contribution < -0.4 is 10.6 Å². The molecule has 9 heteroatoms. The van der Waals surface area contributed by atoms with E-state index in [1.165, 1.54) is 0 Å². The number of nitrogens with zero attached hydrogens (tertiary/aromatic N) is 2. The molecule has 0 amide bonds. The smallest absolute Gasteiger partial charge is 0.191 e. The Balaban J connectivity index is 0.00000625. The summed E-state index contributed by atoms with van der Waals surface area (Å²) in [7, 11) is 2.15. The Hall–Kier alpha value is -0.910. The zero-order valence-corrected chi connectivity index (χ0v) is 18.9. The second-order valence-corrected chi connectivity index (χ2v) is 7.82. The fraction of sp³-hybridized carbons (Fsp3) is 0.588. The van der Waals surface area contributed by atoms with E-state index in [1.54, 1.807) is 44.5 Å². The van der Waals surface area contributed by atoms with Gasteiger partial charge in [-0.25, -0.2) is 8.42 Å². The number of hydrogen-bond donors (Lipinski definition) is 2. The van der Waals surface area contributed by atoms with E-state index >= 15 is 0 Å².